The maximum atomic E-state index is 6.33. The molecule has 0 aliphatic heterocycles. The zero-order valence-electron chi connectivity index (χ0n) is 10.8. The van der Waals surface area contributed by atoms with E-state index in [0.29, 0.717) is 0 Å². The lowest BCUT2D eigenvalue weighted by Gasteiger charge is -2.09. The van der Waals surface area contributed by atoms with E-state index in [1.165, 1.54) is 16.7 Å². The predicted octanol–water partition coefficient (Wildman–Crippen LogP) is 4.42. The number of halogens is 1. The molecule has 0 aliphatic carbocycles. The van der Waals surface area contributed by atoms with Gasteiger partial charge in [-0.2, -0.15) is 0 Å². The molecular weight excluding hydrogens is 242 g/mol. The summed E-state index contributed by atoms with van der Waals surface area (Å²) in [5.74, 6) is 0. The van der Waals surface area contributed by atoms with Gasteiger partial charge >= 0.3 is 0 Å². The molecule has 2 heteroatoms. The molecule has 1 nitrogen and oxygen atoms in total. The second kappa shape index (κ2) is 6.03. The van der Waals surface area contributed by atoms with Crippen molar-refractivity contribution in [3.05, 3.63) is 58.6 Å². The van der Waals surface area contributed by atoms with Crippen molar-refractivity contribution in [1.82, 2.24) is 5.32 Å². The summed E-state index contributed by atoms with van der Waals surface area (Å²) >= 11 is 6.33. The molecule has 2 rings (SSSR count). The van der Waals surface area contributed by atoms with E-state index in [-0.39, 0.29) is 0 Å². The van der Waals surface area contributed by atoms with Crippen LogP contribution in [0.2, 0.25) is 5.02 Å². The van der Waals surface area contributed by atoms with Crippen molar-refractivity contribution < 1.29 is 0 Å². The molecule has 0 radical (unpaired) electrons. The zero-order chi connectivity index (χ0) is 13.0. The average Bonchev–Trinajstić information content (AvgIpc) is 2.38. The summed E-state index contributed by atoms with van der Waals surface area (Å²) in [6.45, 7) is 5.99. The van der Waals surface area contributed by atoms with Gasteiger partial charge in [0.1, 0.15) is 0 Å². The first-order chi connectivity index (χ1) is 8.72. The van der Waals surface area contributed by atoms with E-state index in [4.69, 9.17) is 11.6 Å². The lowest BCUT2D eigenvalue weighted by Crippen LogP contribution is -2.11. The Kier molecular flexibility index (Phi) is 4.40. The Hall–Kier alpha value is -1.31. The molecule has 18 heavy (non-hydrogen) atoms. The number of hydrogen-bond donors (Lipinski definition) is 1. The second-order valence-electron chi connectivity index (χ2n) is 4.40. The molecule has 0 unspecified atom stereocenters. The highest BCUT2D eigenvalue weighted by molar-refractivity contribution is 6.31. The van der Waals surface area contributed by atoms with Gasteiger partial charge in [-0.25, -0.2) is 0 Å². The first kappa shape index (κ1) is 13.1. The van der Waals surface area contributed by atoms with Crippen molar-refractivity contribution in [2.75, 3.05) is 6.54 Å². The van der Waals surface area contributed by atoms with Gasteiger partial charge in [-0.15, -0.1) is 0 Å². The van der Waals surface area contributed by atoms with Crippen LogP contribution in [0.4, 0.5) is 0 Å². The molecule has 0 atom stereocenters. The van der Waals surface area contributed by atoms with Crippen LogP contribution in [-0.4, -0.2) is 6.54 Å². The highest BCUT2D eigenvalue weighted by atomic mass is 35.5. The Morgan fingerprint density at radius 2 is 1.89 bits per heavy atom. The second-order valence-corrected chi connectivity index (χ2v) is 4.81. The van der Waals surface area contributed by atoms with Crippen molar-refractivity contribution in [2.24, 2.45) is 0 Å². The van der Waals surface area contributed by atoms with Crippen LogP contribution in [0.25, 0.3) is 11.1 Å². The molecule has 1 N–H and O–H groups in total. The molecule has 0 saturated heterocycles. The molecule has 0 heterocycles. The van der Waals surface area contributed by atoms with Crippen LogP contribution in [0, 0.1) is 6.92 Å². The molecule has 0 aromatic heterocycles. The van der Waals surface area contributed by atoms with Gasteiger partial charge in [0.05, 0.1) is 0 Å². The predicted molar refractivity (Wildman–Crippen MR) is 79.0 cm³/mol. The number of aryl methyl sites for hydroxylation is 1. The van der Waals surface area contributed by atoms with Gasteiger partial charge in [-0.1, -0.05) is 54.9 Å². The third kappa shape index (κ3) is 2.92. The van der Waals surface area contributed by atoms with Crippen LogP contribution in [0.1, 0.15) is 18.1 Å². The maximum absolute atomic E-state index is 6.33. The van der Waals surface area contributed by atoms with Crippen molar-refractivity contribution in [3.8, 4) is 11.1 Å². The van der Waals surface area contributed by atoms with Crippen LogP contribution in [0.5, 0.6) is 0 Å². The average molecular weight is 260 g/mol. The largest absolute Gasteiger partial charge is 0.313 e. The van der Waals surface area contributed by atoms with Gasteiger partial charge < -0.3 is 5.32 Å². The standard InChI is InChI=1S/C16H18ClN/c1-3-18-11-14-9-8-13(10-16(14)17)15-7-5-4-6-12(15)2/h4-10,18H,3,11H2,1-2H3. The Morgan fingerprint density at radius 1 is 1.11 bits per heavy atom. The van der Waals surface area contributed by atoms with Crippen molar-refractivity contribution in [3.63, 3.8) is 0 Å². The molecule has 0 spiro atoms. The summed E-state index contributed by atoms with van der Waals surface area (Å²) in [5.41, 5.74) is 4.84. The molecule has 0 amide bonds. The SMILES string of the molecule is CCNCc1ccc(-c2ccccc2C)cc1Cl. The Morgan fingerprint density at radius 3 is 2.56 bits per heavy atom. The fourth-order valence-corrected chi connectivity index (χ4v) is 2.26. The third-order valence-electron chi connectivity index (χ3n) is 3.07. The zero-order valence-corrected chi connectivity index (χ0v) is 11.6. The van der Waals surface area contributed by atoms with Gasteiger partial charge in [-0.05, 0) is 41.8 Å². The summed E-state index contributed by atoms with van der Waals surface area (Å²) in [6.07, 6.45) is 0. The minimum Gasteiger partial charge on any atom is -0.313 e. The summed E-state index contributed by atoms with van der Waals surface area (Å²) in [5, 5.41) is 4.12. The van der Waals surface area contributed by atoms with Crippen LogP contribution in [0.15, 0.2) is 42.5 Å². The minimum atomic E-state index is 0.823. The normalized spacial score (nSPS) is 10.6. The van der Waals surface area contributed by atoms with E-state index in [1.54, 1.807) is 0 Å². The molecule has 2 aromatic rings. The highest BCUT2D eigenvalue weighted by Gasteiger charge is 2.05. The van der Waals surface area contributed by atoms with Gasteiger partial charge in [-0.3, -0.25) is 0 Å². The molecule has 0 aliphatic rings. The Labute approximate surface area is 114 Å². The van der Waals surface area contributed by atoms with Crippen LogP contribution < -0.4 is 5.32 Å². The van der Waals surface area contributed by atoms with E-state index in [1.807, 2.05) is 0 Å². The smallest absolute Gasteiger partial charge is 0.0457 e. The monoisotopic (exact) mass is 259 g/mol. The van der Waals surface area contributed by atoms with E-state index in [9.17, 15) is 0 Å². The van der Waals surface area contributed by atoms with Crippen molar-refractivity contribution in [2.45, 2.75) is 20.4 Å². The van der Waals surface area contributed by atoms with Crippen LogP contribution in [0.3, 0.4) is 0 Å². The summed E-state index contributed by atoms with van der Waals surface area (Å²) in [6, 6.07) is 14.7. The molecule has 0 bridgehead atoms. The topological polar surface area (TPSA) is 12.0 Å². The van der Waals surface area contributed by atoms with E-state index in [2.05, 4.69) is 61.6 Å². The van der Waals surface area contributed by atoms with Gasteiger partial charge in [0, 0.05) is 11.6 Å². The Balaban J connectivity index is 2.32. The van der Waals surface area contributed by atoms with E-state index >= 15 is 0 Å². The van der Waals surface area contributed by atoms with Gasteiger partial charge in [0.25, 0.3) is 0 Å². The molecule has 94 valence electrons. The highest BCUT2D eigenvalue weighted by Crippen LogP contribution is 2.27. The first-order valence-electron chi connectivity index (χ1n) is 6.27. The minimum absolute atomic E-state index is 0.823. The van der Waals surface area contributed by atoms with Crippen molar-refractivity contribution >= 4 is 11.6 Å². The molecule has 0 saturated carbocycles. The number of nitrogens with one attached hydrogen (secondary N) is 1. The summed E-state index contributed by atoms with van der Waals surface area (Å²) < 4.78 is 0. The lowest BCUT2D eigenvalue weighted by molar-refractivity contribution is 0.727. The van der Waals surface area contributed by atoms with Crippen LogP contribution in [-0.2, 0) is 6.54 Å². The summed E-state index contributed by atoms with van der Waals surface area (Å²) in [7, 11) is 0. The fraction of sp³-hybridized carbons (Fsp3) is 0.250. The molecular formula is C16H18ClN. The lowest BCUT2D eigenvalue weighted by atomic mass is 9.99. The number of rotatable bonds is 4. The summed E-state index contributed by atoms with van der Waals surface area (Å²) in [4.78, 5) is 0. The first-order valence-corrected chi connectivity index (χ1v) is 6.65. The van der Waals surface area contributed by atoms with E-state index in [0.717, 1.165) is 23.7 Å². The maximum Gasteiger partial charge on any atom is 0.0457 e. The van der Waals surface area contributed by atoms with Gasteiger partial charge in [0.2, 0.25) is 0 Å². The number of benzene rings is 2. The number of hydrogen-bond acceptors (Lipinski definition) is 1. The molecule has 0 fully saturated rings. The van der Waals surface area contributed by atoms with Crippen LogP contribution >= 0.6 is 11.6 Å². The van der Waals surface area contributed by atoms with E-state index < -0.39 is 0 Å². The molecule has 2 aromatic carbocycles. The Bertz CT molecular complexity index is 534. The van der Waals surface area contributed by atoms with Gasteiger partial charge in [0.15, 0.2) is 0 Å². The third-order valence-corrected chi connectivity index (χ3v) is 3.43. The quantitative estimate of drug-likeness (QED) is 0.857. The fourth-order valence-electron chi connectivity index (χ4n) is 2.01. The van der Waals surface area contributed by atoms with Crippen molar-refractivity contribution in [1.29, 1.82) is 0 Å².